The van der Waals surface area contributed by atoms with E-state index in [1.54, 1.807) is 18.2 Å². The van der Waals surface area contributed by atoms with Crippen molar-refractivity contribution in [2.45, 2.75) is 32.7 Å². The summed E-state index contributed by atoms with van der Waals surface area (Å²) in [6.07, 6.45) is 2.08. The van der Waals surface area contributed by atoms with Gasteiger partial charge in [0.2, 0.25) is 5.91 Å². The molecule has 2 amide bonds. The summed E-state index contributed by atoms with van der Waals surface area (Å²) in [5.41, 5.74) is 0.449. The number of carbonyl (C=O) groups excluding carboxylic acids is 2. The Labute approximate surface area is 131 Å². The van der Waals surface area contributed by atoms with E-state index in [4.69, 9.17) is 4.74 Å². The molecule has 1 aliphatic heterocycles. The summed E-state index contributed by atoms with van der Waals surface area (Å²) in [7, 11) is 1.53. The van der Waals surface area contributed by atoms with Crippen LogP contribution < -0.4 is 10.1 Å². The topological polar surface area (TPSA) is 58.6 Å². The van der Waals surface area contributed by atoms with Crippen molar-refractivity contribution in [2.75, 3.05) is 20.2 Å². The molecule has 0 bridgehead atoms. The maximum Gasteiger partial charge on any atom is 0.255 e. The van der Waals surface area contributed by atoms with Crippen LogP contribution in [0.15, 0.2) is 24.3 Å². The van der Waals surface area contributed by atoms with Crippen LogP contribution in [-0.2, 0) is 4.79 Å². The van der Waals surface area contributed by atoms with Crippen LogP contribution in [0.1, 0.15) is 37.0 Å². The number of para-hydroxylation sites is 1. The lowest BCUT2D eigenvalue weighted by atomic mass is 10.0. The highest BCUT2D eigenvalue weighted by atomic mass is 16.5. The third-order valence-corrected chi connectivity index (χ3v) is 3.99. The Hall–Kier alpha value is -2.04. The smallest absolute Gasteiger partial charge is 0.255 e. The van der Waals surface area contributed by atoms with Crippen LogP contribution in [0.25, 0.3) is 0 Å². The Morgan fingerprint density at radius 1 is 1.18 bits per heavy atom. The van der Waals surface area contributed by atoms with Crippen LogP contribution in [0.2, 0.25) is 0 Å². The maximum absolute atomic E-state index is 12.6. The standard InChI is InChI=1S/C17H24N2O3/c1-12(2)15(17(21)19-10-6-7-11-19)18-16(20)13-8-4-5-9-14(13)22-3/h4-5,8-9,12,15H,6-7,10-11H2,1-3H3,(H,18,20)/t15-/m0/s1. The van der Waals surface area contributed by atoms with Gasteiger partial charge in [0.1, 0.15) is 11.8 Å². The second-order valence-corrected chi connectivity index (χ2v) is 5.93. The number of ether oxygens (including phenoxy) is 1. The molecule has 0 aromatic heterocycles. The minimum Gasteiger partial charge on any atom is -0.496 e. The number of nitrogens with zero attached hydrogens (tertiary/aromatic N) is 1. The van der Waals surface area contributed by atoms with E-state index >= 15 is 0 Å². The second-order valence-electron chi connectivity index (χ2n) is 5.93. The zero-order valence-corrected chi connectivity index (χ0v) is 13.5. The van der Waals surface area contributed by atoms with Crippen molar-refractivity contribution in [3.05, 3.63) is 29.8 Å². The molecule has 1 aromatic carbocycles. The van der Waals surface area contributed by atoms with Crippen molar-refractivity contribution in [3.63, 3.8) is 0 Å². The molecule has 1 aliphatic rings. The van der Waals surface area contributed by atoms with E-state index in [2.05, 4.69) is 5.32 Å². The molecule has 0 radical (unpaired) electrons. The summed E-state index contributed by atoms with van der Waals surface area (Å²) < 4.78 is 5.21. The molecule has 2 rings (SSSR count). The molecule has 0 saturated carbocycles. The first-order valence-corrected chi connectivity index (χ1v) is 7.77. The summed E-state index contributed by atoms with van der Waals surface area (Å²) in [6.45, 7) is 5.46. The summed E-state index contributed by atoms with van der Waals surface area (Å²) in [6, 6.07) is 6.53. The number of methoxy groups -OCH3 is 1. The lowest BCUT2D eigenvalue weighted by Gasteiger charge is -2.26. The first-order valence-electron chi connectivity index (χ1n) is 7.77. The Kier molecular flexibility index (Phi) is 5.41. The molecule has 1 aromatic rings. The number of nitrogens with one attached hydrogen (secondary N) is 1. The monoisotopic (exact) mass is 304 g/mol. The average molecular weight is 304 g/mol. The van der Waals surface area contributed by atoms with Crippen LogP contribution in [0.3, 0.4) is 0 Å². The fourth-order valence-corrected chi connectivity index (χ4v) is 2.70. The molecule has 1 N–H and O–H groups in total. The van der Waals surface area contributed by atoms with E-state index in [1.807, 2.05) is 24.8 Å². The van der Waals surface area contributed by atoms with E-state index in [1.165, 1.54) is 7.11 Å². The summed E-state index contributed by atoms with van der Waals surface area (Å²) in [5, 5.41) is 2.87. The van der Waals surface area contributed by atoms with Crippen molar-refractivity contribution < 1.29 is 14.3 Å². The Morgan fingerprint density at radius 3 is 2.41 bits per heavy atom. The van der Waals surface area contributed by atoms with Gasteiger partial charge in [-0.3, -0.25) is 9.59 Å². The predicted molar refractivity (Wildman–Crippen MR) is 84.9 cm³/mol. The SMILES string of the molecule is COc1ccccc1C(=O)N[C@H](C(=O)N1CCCC1)C(C)C. The maximum atomic E-state index is 12.6. The van der Waals surface area contributed by atoms with Crippen LogP contribution in [0.5, 0.6) is 5.75 Å². The number of likely N-dealkylation sites (tertiary alicyclic amines) is 1. The largest absolute Gasteiger partial charge is 0.496 e. The summed E-state index contributed by atoms with van der Waals surface area (Å²) in [4.78, 5) is 26.9. The number of hydrogen-bond acceptors (Lipinski definition) is 3. The average Bonchev–Trinajstić information content (AvgIpc) is 3.05. The minimum absolute atomic E-state index is 0.00995. The Morgan fingerprint density at radius 2 is 1.82 bits per heavy atom. The molecule has 1 heterocycles. The van der Waals surface area contributed by atoms with Gasteiger partial charge in [-0.15, -0.1) is 0 Å². The molecular formula is C17H24N2O3. The molecule has 5 nitrogen and oxygen atoms in total. The van der Waals surface area contributed by atoms with Crippen LogP contribution in [0.4, 0.5) is 0 Å². The molecule has 1 saturated heterocycles. The molecule has 0 aliphatic carbocycles. The number of benzene rings is 1. The van der Waals surface area contributed by atoms with Crippen molar-refractivity contribution in [1.82, 2.24) is 10.2 Å². The van der Waals surface area contributed by atoms with Crippen LogP contribution in [-0.4, -0.2) is 43.0 Å². The first kappa shape index (κ1) is 16.3. The third kappa shape index (κ3) is 3.59. The first-order chi connectivity index (χ1) is 10.5. The molecular weight excluding hydrogens is 280 g/mol. The Balaban J connectivity index is 2.13. The van der Waals surface area contributed by atoms with E-state index in [9.17, 15) is 9.59 Å². The lowest BCUT2D eigenvalue weighted by Crippen LogP contribution is -2.50. The highest BCUT2D eigenvalue weighted by molar-refractivity contribution is 5.99. The van der Waals surface area contributed by atoms with E-state index in [0.717, 1.165) is 25.9 Å². The van der Waals surface area contributed by atoms with Crippen molar-refractivity contribution in [1.29, 1.82) is 0 Å². The zero-order valence-electron chi connectivity index (χ0n) is 13.5. The predicted octanol–water partition coefficient (Wildman–Crippen LogP) is 2.07. The van der Waals surface area contributed by atoms with Crippen molar-refractivity contribution in [2.24, 2.45) is 5.92 Å². The molecule has 0 spiro atoms. The molecule has 1 atom stereocenters. The Bertz CT molecular complexity index is 536. The van der Waals surface area contributed by atoms with Gasteiger partial charge in [-0.05, 0) is 30.9 Å². The number of carbonyl (C=O) groups is 2. The van der Waals surface area contributed by atoms with E-state index in [-0.39, 0.29) is 17.7 Å². The highest BCUT2D eigenvalue weighted by Crippen LogP contribution is 2.19. The fraction of sp³-hybridized carbons (Fsp3) is 0.529. The highest BCUT2D eigenvalue weighted by Gasteiger charge is 2.30. The van der Waals surface area contributed by atoms with Gasteiger partial charge in [-0.2, -0.15) is 0 Å². The van der Waals surface area contributed by atoms with Crippen LogP contribution in [0, 0.1) is 5.92 Å². The van der Waals surface area contributed by atoms with Crippen molar-refractivity contribution in [3.8, 4) is 5.75 Å². The summed E-state index contributed by atoms with van der Waals surface area (Å²) >= 11 is 0. The summed E-state index contributed by atoms with van der Waals surface area (Å²) in [5.74, 6) is 0.280. The molecule has 22 heavy (non-hydrogen) atoms. The minimum atomic E-state index is -0.504. The molecule has 120 valence electrons. The number of rotatable bonds is 5. The van der Waals surface area contributed by atoms with E-state index < -0.39 is 6.04 Å². The third-order valence-electron chi connectivity index (χ3n) is 3.99. The van der Waals surface area contributed by atoms with Crippen LogP contribution >= 0.6 is 0 Å². The van der Waals surface area contributed by atoms with Gasteiger partial charge >= 0.3 is 0 Å². The van der Waals surface area contributed by atoms with Gasteiger partial charge in [0.05, 0.1) is 12.7 Å². The fourth-order valence-electron chi connectivity index (χ4n) is 2.70. The molecule has 0 unspecified atom stereocenters. The zero-order chi connectivity index (χ0) is 16.1. The van der Waals surface area contributed by atoms with Gasteiger partial charge in [-0.25, -0.2) is 0 Å². The van der Waals surface area contributed by atoms with Gasteiger partial charge in [0.25, 0.3) is 5.91 Å². The van der Waals surface area contributed by atoms with Gasteiger partial charge in [-0.1, -0.05) is 26.0 Å². The van der Waals surface area contributed by atoms with Gasteiger partial charge in [0.15, 0.2) is 0 Å². The van der Waals surface area contributed by atoms with E-state index in [0.29, 0.717) is 11.3 Å². The molecule has 1 fully saturated rings. The number of amides is 2. The van der Waals surface area contributed by atoms with Gasteiger partial charge < -0.3 is 15.0 Å². The lowest BCUT2D eigenvalue weighted by molar-refractivity contribution is -0.133. The number of hydrogen-bond donors (Lipinski definition) is 1. The quantitative estimate of drug-likeness (QED) is 0.906. The van der Waals surface area contributed by atoms with Gasteiger partial charge in [0, 0.05) is 13.1 Å². The van der Waals surface area contributed by atoms with Crippen molar-refractivity contribution >= 4 is 11.8 Å². The normalized spacial score (nSPS) is 15.7. The molecule has 5 heteroatoms. The second kappa shape index (κ2) is 7.29.